The zero-order chi connectivity index (χ0) is 22.5. The summed E-state index contributed by atoms with van der Waals surface area (Å²) in [6.45, 7) is 1.42. The predicted molar refractivity (Wildman–Crippen MR) is 110 cm³/mol. The normalized spacial score (nSPS) is 15.9. The van der Waals surface area contributed by atoms with Gasteiger partial charge in [0.1, 0.15) is 0 Å². The second-order valence-electron chi connectivity index (χ2n) is 7.22. The molecular weight excluding hydrogens is 404 g/mol. The van der Waals surface area contributed by atoms with Crippen LogP contribution in [0.25, 0.3) is 0 Å². The smallest absolute Gasteiger partial charge is 0.339 e. The summed E-state index contributed by atoms with van der Waals surface area (Å²) in [6, 6.07) is 10.8. The number of rotatable bonds is 6. The third kappa shape index (κ3) is 5.06. The van der Waals surface area contributed by atoms with Gasteiger partial charge in [-0.15, -0.1) is 0 Å². The Bertz CT molecular complexity index is 1030. The van der Waals surface area contributed by atoms with Crippen LogP contribution in [0.4, 0.5) is 5.69 Å². The minimum atomic E-state index is -1.14. The second-order valence-corrected chi connectivity index (χ2v) is 7.22. The first kappa shape index (κ1) is 21.9. The number of fused-ring (bicyclic) bond motifs is 1. The summed E-state index contributed by atoms with van der Waals surface area (Å²) in [5.41, 5.74) is 1.36. The van der Waals surface area contributed by atoms with Crippen molar-refractivity contribution in [3.8, 4) is 0 Å². The van der Waals surface area contributed by atoms with Crippen molar-refractivity contribution in [3.05, 3.63) is 74.8 Å². The Kier molecular flexibility index (Phi) is 6.64. The summed E-state index contributed by atoms with van der Waals surface area (Å²) < 4.78 is 9.77. The molecule has 0 saturated carbocycles. The maximum absolute atomic E-state index is 12.6. The summed E-state index contributed by atoms with van der Waals surface area (Å²) in [6.07, 6.45) is 1.52. The lowest BCUT2D eigenvalue weighted by Crippen LogP contribution is -2.39. The van der Waals surface area contributed by atoms with Crippen LogP contribution in [0.2, 0.25) is 0 Å². The molecule has 1 aliphatic carbocycles. The average molecular weight is 426 g/mol. The van der Waals surface area contributed by atoms with Gasteiger partial charge >= 0.3 is 11.9 Å². The highest BCUT2D eigenvalue weighted by Gasteiger charge is 2.26. The number of nitrogens with one attached hydrogen (secondary N) is 1. The molecule has 0 aliphatic heterocycles. The van der Waals surface area contributed by atoms with Crippen molar-refractivity contribution in [2.24, 2.45) is 0 Å². The van der Waals surface area contributed by atoms with E-state index in [1.165, 1.54) is 12.5 Å². The molecule has 2 aromatic rings. The van der Waals surface area contributed by atoms with Gasteiger partial charge in [-0.05, 0) is 43.4 Å². The van der Waals surface area contributed by atoms with Crippen molar-refractivity contribution in [1.29, 1.82) is 0 Å². The Morgan fingerprint density at radius 2 is 1.81 bits per heavy atom. The first-order valence-corrected chi connectivity index (χ1v) is 9.77. The SMILES string of the molecule is COC(=O)c1cc(C(=O)OC(C)C(=O)NC2CCCc3ccccc32)cc([N+](=O)[O-])c1. The van der Waals surface area contributed by atoms with Gasteiger partial charge in [0.15, 0.2) is 6.10 Å². The highest BCUT2D eigenvalue weighted by Crippen LogP contribution is 2.29. The van der Waals surface area contributed by atoms with Crippen LogP contribution >= 0.6 is 0 Å². The van der Waals surface area contributed by atoms with Crippen LogP contribution in [-0.2, 0) is 20.7 Å². The van der Waals surface area contributed by atoms with E-state index in [1.54, 1.807) is 0 Å². The Labute approximate surface area is 178 Å². The van der Waals surface area contributed by atoms with E-state index < -0.39 is 34.6 Å². The largest absolute Gasteiger partial charge is 0.465 e. The molecule has 9 heteroatoms. The van der Waals surface area contributed by atoms with E-state index in [1.807, 2.05) is 24.3 Å². The van der Waals surface area contributed by atoms with Crippen molar-refractivity contribution >= 4 is 23.5 Å². The molecule has 0 fully saturated rings. The lowest BCUT2D eigenvalue weighted by Gasteiger charge is -2.27. The summed E-state index contributed by atoms with van der Waals surface area (Å²) >= 11 is 0. The van der Waals surface area contributed by atoms with Gasteiger partial charge in [0.2, 0.25) is 0 Å². The molecule has 162 valence electrons. The monoisotopic (exact) mass is 426 g/mol. The van der Waals surface area contributed by atoms with E-state index in [0.29, 0.717) is 0 Å². The number of methoxy groups -OCH3 is 1. The molecule has 0 aromatic heterocycles. The fourth-order valence-electron chi connectivity index (χ4n) is 3.55. The van der Waals surface area contributed by atoms with Gasteiger partial charge in [-0.1, -0.05) is 24.3 Å². The first-order valence-electron chi connectivity index (χ1n) is 9.77. The highest BCUT2D eigenvalue weighted by molar-refractivity contribution is 5.97. The standard InChI is InChI=1S/C22H22N2O7/c1-13(20(25)23-19-9-5-7-14-6-3-4-8-18(14)19)31-22(27)16-10-15(21(26)30-2)11-17(12-16)24(28)29/h3-4,6,8,10-13,19H,5,7,9H2,1-2H3,(H,23,25). The summed E-state index contributed by atoms with van der Waals surface area (Å²) in [5, 5.41) is 14.0. The molecule has 0 spiro atoms. The van der Waals surface area contributed by atoms with Gasteiger partial charge in [-0.2, -0.15) is 0 Å². The van der Waals surface area contributed by atoms with E-state index in [2.05, 4.69) is 10.1 Å². The molecule has 2 atom stereocenters. The lowest BCUT2D eigenvalue weighted by molar-refractivity contribution is -0.384. The van der Waals surface area contributed by atoms with Gasteiger partial charge in [0.05, 0.1) is 29.2 Å². The fraction of sp³-hybridized carbons (Fsp3) is 0.318. The van der Waals surface area contributed by atoms with Crippen LogP contribution in [0.3, 0.4) is 0 Å². The van der Waals surface area contributed by atoms with E-state index in [-0.39, 0.29) is 17.2 Å². The molecule has 0 bridgehead atoms. The number of ether oxygens (including phenoxy) is 2. The van der Waals surface area contributed by atoms with Crippen LogP contribution in [-0.4, -0.2) is 36.0 Å². The van der Waals surface area contributed by atoms with E-state index in [9.17, 15) is 24.5 Å². The van der Waals surface area contributed by atoms with Crippen LogP contribution in [0.5, 0.6) is 0 Å². The zero-order valence-corrected chi connectivity index (χ0v) is 17.1. The molecule has 1 aliphatic rings. The molecule has 2 unspecified atom stereocenters. The van der Waals surface area contributed by atoms with Crippen molar-refractivity contribution < 1.29 is 28.8 Å². The van der Waals surface area contributed by atoms with Gasteiger partial charge in [-0.25, -0.2) is 9.59 Å². The van der Waals surface area contributed by atoms with Crippen LogP contribution in [0.1, 0.15) is 57.7 Å². The summed E-state index contributed by atoms with van der Waals surface area (Å²) in [5.74, 6) is -2.27. The average Bonchev–Trinajstić information content (AvgIpc) is 2.78. The van der Waals surface area contributed by atoms with Crippen LogP contribution in [0.15, 0.2) is 42.5 Å². The van der Waals surface area contributed by atoms with Crippen molar-refractivity contribution in [2.45, 2.75) is 38.3 Å². The number of nitrogens with zero attached hydrogens (tertiary/aromatic N) is 1. The number of non-ortho nitro benzene ring substituents is 1. The number of nitro benzene ring substituents is 1. The number of esters is 2. The van der Waals surface area contributed by atoms with Crippen molar-refractivity contribution in [3.63, 3.8) is 0 Å². The number of amides is 1. The Morgan fingerprint density at radius 3 is 2.48 bits per heavy atom. The quantitative estimate of drug-likeness (QED) is 0.427. The fourth-order valence-corrected chi connectivity index (χ4v) is 3.55. The Morgan fingerprint density at radius 1 is 1.13 bits per heavy atom. The number of carbonyl (C=O) groups excluding carboxylic acids is 3. The molecule has 0 saturated heterocycles. The van der Waals surface area contributed by atoms with E-state index in [4.69, 9.17) is 4.74 Å². The Balaban J connectivity index is 1.72. The van der Waals surface area contributed by atoms with E-state index >= 15 is 0 Å². The second kappa shape index (κ2) is 9.38. The van der Waals surface area contributed by atoms with E-state index in [0.717, 1.165) is 50.1 Å². The van der Waals surface area contributed by atoms with Gasteiger partial charge in [0.25, 0.3) is 11.6 Å². The number of hydrogen-bond donors (Lipinski definition) is 1. The number of hydrogen-bond acceptors (Lipinski definition) is 7. The molecule has 0 radical (unpaired) electrons. The minimum Gasteiger partial charge on any atom is -0.465 e. The maximum Gasteiger partial charge on any atom is 0.339 e. The van der Waals surface area contributed by atoms with Crippen LogP contribution < -0.4 is 5.32 Å². The summed E-state index contributed by atoms with van der Waals surface area (Å²) in [4.78, 5) is 47.3. The van der Waals surface area contributed by atoms with Gasteiger partial charge < -0.3 is 14.8 Å². The molecular formula is C22H22N2O7. The van der Waals surface area contributed by atoms with Crippen LogP contribution in [0, 0.1) is 10.1 Å². The number of benzene rings is 2. The predicted octanol–water partition coefficient (Wildman–Crippen LogP) is 3.12. The summed E-state index contributed by atoms with van der Waals surface area (Å²) in [7, 11) is 1.12. The highest BCUT2D eigenvalue weighted by atomic mass is 16.6. The Hall–Kier alpha value is -3.75. The molecule has 1 N–H and O–H groups in total. The maximum atomic E-state index is 12.6. The third-order valence-electron chi connectivity index (χ3n) is 5.12. The lowest BCUT2D eigenvalue weighted by atomic mass is 9.87. The molecule has 0 heterocycles. The van der Waals surface area contributed by atoms with Crippen molar-refractivity contribution in [1.82, 2.24) is 5.32 Å². The molecule has 1 amide bonds. The molecule has 3 rings (SSSR count). The van der Waals surface area contributed by atoms with Gasteiger partial charge in [-0.3, -0.25) is 14.9 Å². The molecule has 2 aromatic carbocycles. The van der Waals surface area contributed by atoms with Crippen molar-refractivity contribution in [2.75, 3.05) is 7.11 Å². The number of aryl methyl sites for hydroxylation is 1. The topological polar surface area (TPSA) is 125 Å². The number of carbonyl (C=O) groups is 3. The third-order valence-corrected chi connectivity index (χ3v) is 5.12. The first-order chi connectivity index (χ1) is 14.8. The minimum absolute atomic E-state index is 0.167. The molecule has 31 heavy (non-hydrogen) atoms. The number of nitro groups is 1. The zero-order valence-electron chi connectivity index (χ0n) is 17.1. The molecule has 9 nitrogen and oxygen atoms in total. The van der Waals surface area contributed by atoms with Gasteiger partial charge in [0, 0.05) is 12.1 Å².